The number of esters is 1. The van der Waals surface area contributed by atoms with Gasteiger partial charge in [-0.15, -0.1) is 0 Å². The minimum Gasteiger partial charge on any atom is -0.454 e. The molecule has 2 N–H and O–H groups in total. The van der Waals surface area contributed by atoms with E-state index in [4.69, 9.17) is 16.3 Å². The molecule has 3 amide bonds. The third-order valence-corrected chi connectivity index (χ3v) is 5.42. The Kier molecular flexibility index (Phi) is 7.42. The average Bonchev–Trinajstić information content (AvgIpc) is 3.19. The summed E-state index contributed by atoms with van der Waals surface area (Å²) in [6, 6.07) is 10.8. The molecule has 0 aliphatic carbocycles. The van der Waals surface area contributed by atoms with Crippen molar-refractivity contribution in [3.63, 3.8) is 0 Å². The lowest BCUT2D eigenvalue weighted by atomic mass is 10.1. The number of rotatable bonds is 8. The van der Waals surface area contributed by atoms with Crippen LogP contribution in [0.5, 0.6) is 0 Å². The van der Waals surface area contributed by atoms with Gasteiger partial charge in [-0.3, -0.25) is 29.6 Å². The summed E-state index contributed by atoms with van der Waals surface area (Å²) >= 11 is 5.79. The number of Topliss-reactive ketones (excluding diaryl/α,β-unsaturated/α-hetero) is 1. The third-order valence-electron chi connectivity index (χ3n) is 5.16. The zero-order chi connectivity index (χ0) is 25.7. The van der Waals surface area contributed by atoms with Gasteiger partial charge in [-0.1, -0.05) is 11.6 Å². The number of ketones is 1. The minimum atomic E-state index is -0.985. The van der Waals surface area contributed by atoms with E-state index in [0.717, 1.165) is 4.90 Å². The first-order chi connectivity index (χ1) is 17.3. The minimum absolute atomic E-state index is 0.0379. The maximum absolute atomic E-state index is 12.7. The number of imide groups is 1. The number of carbonyl (C=O) groups is 5. The van der Waals surface area contributed by atoms with Crippen molar-refractivity contribution in [3.8, 4) is 0 Å². The molecule has 11 nitrogen and oxygen atoms in total. The van der Waals surface area contributed by atoms with Crippen LogP contribution in [0.2, 0.25) is 5.02 Å². The molecule has 1 aliphatic heterocycles. The second-order valence-corrected chi connectivity index (χ2v) is 8.00. The van der Waals surface area contributed by atoms with Crippen molar-refractivity contribution < 1.29 is 28.7 Å². The Morgan fingerprint density at radius 1 is 1.00 bits per heavy atom. The van der Waals surface area contributed by atoms with Gasteiger partial charge in [0.1, 0.15) is 11.7 Å². The maximum Gasteiger partial charge on any atom is 0.338 e. The van der Waals surface area contributed by atoms with Gasteiger partial charge in [-0.05, 0) is 48.5 Å². The van der Waals surface area contributed by atoms with Crippen LogP contribution in [0.1, 0.15) is 37.6 Å². The largest absolute Gasteiger partial charge is 0.454 e. The van der Waals surface area contributed by atoms with E-state index in [0.29, 0.717) is 10.6 Å². The fourth-order valence-electron chi connectivity index (χ4n) is 3.33. The number of benzene rings is 2. The molecule has 36 heavy (non-hydrogen) atoms. The van der Waals surface area contributed by atoms with E-state index in [-0.39, 0.29) is 23.4 Å². The highest BCUT2D eigenvalue weighted by Gasteiger charge is 2.39. The molecule has 3 aromatic rings. The Morgan fingerprint density at radius 2 is 1.69 bits per heavy atom. The van der Waals surface area contributed by atoms with Gasteiger partial charge in [0.15, 0.2) is 12.4 Å². The summed E-state index contributed by atoms with van der Waals surface area (Å²) in [7, 11) is 0. The Labute approximate surface area is 209 Å². The highest BCUT2D eigenvalue weighted by atomic mass is 35.5. The van der Waals surface area contributed by atoms with Crippen LogP contribution >= 0.6 is 11.6 Å². The van der Waals surface area contributed by atoms with Gasteiger partial charge in [-0.25, -0.2) is 20.1 Å². The van der Waals surface area contributed by atoms with Crippen LogP contribution in [-0.2, 0) is 14.3 Å². The summed E-state index contributed by atoms with van der Waals surface area (Å²) in [5.41, 5.74) is 5.64. The molecule has 0 bridgehead atoms. The first-order valence-corrected chi connectivity index (χ1v) is 11.0. The standard InChI is InChI=1S/C24H18ClN5O6/c25-16-5-1-14(2-6-16)20(31)13-36-24(35)15-3-7-17(8-4-15)30-21(32)11-18(23(30)34)28-29-22(33)19-12-26-9-10-27-19/h1-10,12,18,28H,11,13H2,(H,29,33). The highest BCUT2D eigenvalue weighted by molar-refractivity contribution is 6.30. The summed E-state index contributed by atoms with van der Waals surface area (Å²) in [6.07, 6.45) is 3.83. The molecule has 0 radical (unpaired) electrons. The number of hydrogen-bond acceptors (Lipinski definition) is 9. The van der Waals surface area contributed by atoms with E-state index < -0.39 is 42.1 Å². The Bertz CT molecular complexity index is 1320. The number of aromatic nitrogens is 2. The molecule has 0 saturated carbocycles. The smallest absolute Gasteiger partial charge is 0.338 e. The molecule has 1 aromatic heterocycles. The molecule has 4 rings (SSSR count). The predicted molar refractivity (Wildman–Crippen MR) is 126 cm³/mol. The normalized spacial score (nSPS) is 15.0. The van der Waals surface area contributed by atoms with Crippen LogP contribution in [0.15, 0.2) is 67.1 Å². The van der Waals surface area contributed by atoms with Crippen LogP contribution < -0.4 is 15.8 Å². The molecule has 1 unspecified atom stereocenters. The molecule has 12 heteroatoms. The number of amides is 3. The summed E-state index contributed by atoms with van der Waals surface area (Å²) < 4.78 is 5.06. The number of halogens is 1. The SMILES string of the molecule is O=C(COC(=O)c1ccc(N2C(=O)CC(NNC(=O)c3cnccn3)C2=O)cc1)c1ccc(Cl)cc1. The number of nitrogens with one attached hydrogen (secondary N) is 2. The van der Waals surface area contributed by atoms with Crippen LogP contribution in [0.4, 0.5) is 5.69 Å². The third kappa shape index (κ3) is 5.59. The zero-order valence-electron chi connectivity index (χ0n) is 18.5. The quantitative estimate of drug-likeness (QED) is 0.201. The lowest BCUT2D eigenvalue weighted by Gasteiger charge is -2.16. The number of carbonyl (C=O) groups excluding carboxylic acids is 5. The molecule has 2 aromatic carbocycles. The average molecular weight is 508 g/mol. The Balaban J connectivity index is 1.33. The van der Waals surface area contributed by atoms with Gasteiger partial charge in [0.05, 0.1) is 23.9 Å². The first kappa shape index (κ1) is 24.6. The first-order valence-electron chi connectivity index (χ1n) is 10.6. The van der Waals surface area contributed by atoms with Crippen molar-refractivity contribution in [1.82, 2.24) is 20.8 Å². The Hall–Kier alpha value is -4.48. The molecule has 1 fully saturated rings. The second kappa shape index (κ2) is 10.8. The molecule has 2 heterocycles. The van der Waals surface area contributed by atoms with E-state index in [2.05, 4.69) is 20.8 Å². The van der Waals surface area contributed by atoms with E-state index in [9.17, 15) is 24.0 Å². The topological polar surface area (TPSA) is 148 Å². The number of anilines is 1. The van der Waals surface area contributed by atoms with Crippen molar-refractivity contribution in [2.75, 3.05) is 11.5 Å². The molecular weight excluding hydrogens is 490 g/mol. The zero-order valence-corrected chi connectivity index (χ0v) is 19.3. The van der Waals surface area contributed by atoms with Crippen molar-refractivity contribution in [2.45, 2.75) is 12.5 Å². The van der Waals surface area contributed by atoms with E-state index in [1.807, 2.05) is 0 Å². The van der Waals surface area contributed by atoms with Crippen LogP contribution in [0.3, 0.4) is 0 Å². The summed E-state index contributed by atoms with van der Waals surface area (Å²) in [5, 5.41) is 0.479. The van der Waals surface area contributed by atoms with Gasteiger partial charge in [0.25, 0.3) is 11.8 Å². The molecule has 1 saturated heterocycles. The van der Waals surface area contributed by atoms with Gasteiger partial charge in [-0.2, -0.15) is 0 Å². The van der Waals surface area contributed by atoms with E-state index in [1.165, 1.54) is 55.0 Å². The molecule has 1 aliphatic rings. The summed E-state index contributed by atoms with van der Waals surface area (Å²) in [5.74, 6) is -2.82. The molecule has 1 atom stereocenters. The van der Waals surface area contributed by atoms with Gasteiger partial charge >= 0.3 is 5.97 Å². The van der Waals surface area contributed by atoms with Gasteiger partial charge < -0.3 is 4.74 Å². The van der Waals surface area contributed by atoms with Crippen molar-refractivity contribution in [1.29, 1.82) is 0 Å². The van der Waals surface area contributed by atoms with Crippen LogP contribution in [-0.4, -0.2) is 52.1 Å². The lowest BCUT2D eigenvalue weighted by Crippen LogP contribution is -2.48. The van der Waals surface area contributed by atoms with Crippen molar-refractivity contribution >= 4 is 46.8 Å². The molecular formula is C24H18ClN5O6. The van der Waals surface area contributed by atoms with E-state index in [1.54, 1.807) is 12.1 Å². The van der Waals surface area contributed by atoms with Gasteiger partial charge in [0.2, 0.25) is 5.91 Å². The van der Waals surface area contributed by atoms with Crippen LogP contribution in [0, 0.1) is 0 Å². The molecule has 0 spiro atoms. The fourth-order valence-corrected chi connectivity index (χ4v) is 3.46. The predicted octanol–water partition coefficient (Wildman–Crippen LogP) is 1.74. The monoisotopic (exact) mass is 507 g/mol. The van der Waals surface area contributed by atoms with E-state index >= 15 is 0 Å². The lowest BCUT2D eigenvalue weighted by molar-refractivity contribution is -0.121. The second-order valence-electron chi connectivity index (χ2n) is 7.57. The number of ether oxygens (including phenoxy) is 1. The fraction of sp³-hybridized carbons (Fsp3) is 0.125. The van der Waals surface area contributed by atoms with Crippen molar-refractivity contribution in [2.24, 2.45) is 0 Å². The number of hydrogen-bond donors (Lipinski definition) is 2. The van der Waals surface area contributed by atoms with Gasteiger partial charge in [0, 0.05) is 23.0 Å². The summed E-state index contributed by atoms with van der Waals surface area (Å²) in [6.45, 7) is -0.459. The number of nitrogens with zero attached hydrogens (tertiary/aromatic N) is 3. The molecule has 182 valence electrons. The Morgan fingerprint density at radius 3 is 2.36 bits per heavy atom. The highest BCUT2D eigenvalue weighted by Crippen LogP contribution is 2.23. The maximum atomic E-state index is 12.7. The van der Waals surface area contributed by atoms with Crippen molar-refractivity contribution in [3.05, 3.63) is 89.0 Å². The summed E-state index contributed by atoms with van der Waals surface area (Å²) in [4.78, 5) is 70.3. The number of hydrazine groups is 1. The van der Waals surface area contributed by atoms with Crippen LogP contribution in [0.25, 0.3) is 0 Å².